The van der Waals surface area contributed by atoms with Crippen LogP contribution in [0.3, 0.4) is 0 Å². The number of rotatable bonds is 6. The first-order chi connectivity index (χ1) is 9.47. The van der Waals surface area contributed by atoms with E-state index in [0.29, 0.717) is 18.0 Å². The van der Waals surface area contributed by atoms with Gasteiger partial charge in [-0.1, -0.05) is 6.07 Å². The van der Waals surface area contributed by atoms with Crippen molar-refractivity contribution in [3.05, 3.63) is 35.4 Å². The maximum atomic E-state index is 13.4. The van der Waals surface area contributed by atoms with E-state index in [1.54, 1.807) is 13.8 Å². The Balaban J connectivity index is 2.27. The van der Waals surface area contributed by atoms with Gasteiger partial charge in [-0.25, -0.2) is 13.6 Å². The monoisotopic (exact) mass is 283 g/mol. The summed E-state index contributed by atoms with van der Waals surface area (Å²) in [6.07, 6.45) is 2.26. The third kappa shape index (κ3) is 3.15. The van der Waals surface area contributed by atoms with Crippen LogP contribution >= 0.6 is 0 Å². The van der Waals surface area contributed by atoms with Crippen molar-refractivity contribution in [2.75, 3.05) is 13.2 Å². The van der Waals surface area contributed by atoms with Gasteiger partial charge >= 0.3 is 5.97 Å². The molecular formula is C15H19F2NO2. The Bertz CT molecular complexity index is 503. The molecule has 1 aliphatic rings. The van der Waals surface area contributed by atoms with Gasteiger partial charge in [-0.2, -0.15) is 0 Å². The van der Waals surface area contributed by atoms with Gasteiger partial charge in [-0.05, 0) is 56.8 Å². The molecule has 1 unspecified atom stereocenters. The Labute approximate surface area is 117 Å². The summed E-state index contributed by atoms with van der Waals surface area (Å²) in [5.41, 5.74) is -0.789. The molecule has 0 saturated heterocycles. The highest BCUT2D eigenvalue weighted by Crippen LogP contribution is 2.31. The number of carbonyl (C=O) groups is 1. The molecule has 0 amide bonds. The van der Waals surface area contributed by atoms with E-state index >= 15 is 0 Å². The molecule has 0 bridgehead atoms. The van der Waals surface area contributed by atoms with Crippen LogP contribution in [0.15, 0.2) is 18.2 Å². The lowest BCUT2D eigenvalue weighted by Gasteiger charge is -2.29. The molecule has 2 rings (SSSR count). The zero-order valence-corrected chi connectivity index (χ0v) is 11.7. The van der Waals surface area contributed by atoms with Crippen LogP contribution in [0.4, 0.5) is 8.78 Å². The topological polar surface area (TPSA) is 38.3 Å². The largest absolute Gasteiger partial charge is 0.464 e. The molecule has 3 nitrogen and oxygen atoms in total. The average molecular weight is 283 g/mol. The van der Waals surface area contributed by atoms with Crippen molar-refractivity contribution < 1.29 is 18.3 Å². The van der Waals surface area contributed by atoms with Crippen molar-refractivity contribution in [1.82, 2.24) is 5.32 Å². The Morgan fingerprint density at radius 2 is 2.10 bits per heavy atom. The minimum absolute atomic E-state index is 0.239. The number of carbonyl (C=O) groups excluding carboxylic acids is 1. The summed E-state index contributed by atoms with van der Waals surface area (Å²) < 4.78 is 31.5. The van der Waals surface area contributed by atoms with Gasteiger partial charge < -0.3 is 4.74 Å². The highest BCUT2D eigenvalue weighted by molar-refractivity contribution is 5.82. The molecule has 0 spiro atoms. The normalized spacial score (nSPS) is 17.6. The minimum atomic E-state index is -1.16. The second-order valence-corrected chi connectivity index (χ2v) is 5.30. The minimum Gasteiger partial charge on any atom is -0.464 e. The fourth-order valence-electron chi connectivity index (χ4n) is 2.05. The zero-order chi connectivity index (χ0) is 14.8. The lowest BCUT2D eigenvalue weighted by Crippen LogP contribution is -2.48. The van der Waals surface area contributed by atoms with Crippen LogP contribution in [0.25, 0.3) is 0 Å². The maximum Gasteiger partial charge on any atom is 0.330 e. The van der Waals surface area contributed by atoms with E-state index in [4.69, 9.17) is 4.74 Å². The van der Waals surface area contributed by atoms with Crippen molar-refractivity contribution in [3.8, 4) is 0 Å². The van der Waals surface area contributed by atoms with Crippen LogP contribution in [-0.2, 0) is 15.1 Å². The van der Waals surface area contributed by atoms with Crippen LogP contribution in [0.2, 0.25) is 0 Å². The maximum absolute atomic E-state index is 13.4. The molecule has 1 saturated carbocycles. The summed E-state index contributed by atoms with van der Waals surface area (Å²) in [4.78, 5) is 12.2. The van der Waals surface area contributed by atoms with Crippen LogP contribution in [0.5, 0.6) is 0 Å². The van der Waals surface area contributed by atoms with Crippen LogP contribution in [-0.4, -0.2) is 19.1 Å². The van der Waals surface area contributed by atoms with Gasteiger partial charge in [0.2, 0.25) is 0 Å². The van der Waals surface area contributed by atoms with Crippen LogP contribution in [0.1, 0.15) is 32.3 Å². The summed E-state index contributed by atoms with van der Waals surface area (Å²) in [6, 6.07) is 3.49. The van der Waals surface area contributed by atoms with Crippen LogP contribution < -0.4 is 5.32 Å². The van der Waals surface area contributed by atoms with Crippen LogP contribution in [0, 0.1) is 17.6 Å². The smallest absolute Gasteiger partial charge is 0.330 e. The highest BCUT2D eigenvalue weighted by atomic mass is 19.2. The predicted octanol–water partition coefficient (Wildman–Crippen LogP) is 2.74. The first-order valence-electron chi connectivity index (χ1n) is 6.85. The van der Waals surface area contributed by atoms with Gasteiger partial charge in [0.25, 0.3) is 0 Å². The molecule has 1 aliphatic carbocycles. The van der Waals surface area contributed by atoms with Gasteiger partial charge in [-0.3, -0.25) is 5.32 Å². The van der Waals surface area contributed by atoms with Gasteiger partial charge in [0.05, 0.1) is 6.61 Å². The molecule has 0 heterocycles. The molecule has 1 aromatic carbocycles. The number of esters is 1. The fraction of sp³-hybridized carbons (Fsp3) is 0.533. The van der Waals surface area contributed by atoms with Gasteiger partial charge in [0, 0.05) is 0 Å². The molecule has 1 N–H and O–H groups in total. The van der Waals surface area contributed by atoms with E-state index in [1.807, 2.05) is 0 Å². The second-order valence-electron chi connectivity index (χ2n) is 5.30. The lowest BCUT2D eigenvalue weighted by molar-refractivity contribution is -0.151. The van der Waals surface area contributed by atoms with Crippen molar-refractivity contribution in [3.63, 3.8) is 0 Å². The standard InChI is InChI=1S/C15H19F2NO2/c1-3-20-14(19)15(2,18-9-10-4-5-10)11-6-7-12(16)13(17)8-11/h6-8,10,18H,3-5,9H2,1-2H3. The van der Waals surface area contributed by atoms with Crippen molar-refractivity contribution in [1.29, 1.82) is 0 Å². The Morgan fingerprint density at radius 1 is 1.40 bits per heavy atom. The molecule has 1 fully saturated rings. The summed E-state index contributed by atoms with van der Waals surface area (Å²) in [5, 5.41) is 3.14. The third-order valence-corrected chi connectivity index (χ3v) is 3.62. The SMILES string of the molecule is CCOC(=O)C(C)(NCC1CC1)c1ccc(F)c(F)c1. The third-order valence-electron chi connectivity index (χ3n) is 3.62. The lowest BCUT2D eigenvalue weighted by atomic mass is 9.91. The number of hydrogen-bond acceptors (Lipinski definition) is 3. The summed E-state index contributed by atoms with van der Waals surface area (Å²) in [5.74, 6) is -1.82. The predicted molar refractivity (Wildman–Crippen MR) is 71.1 cm³/mol. The average Bonchev–Trinajstić information content (AvgIpc) is 3.23. The molecule has 1 atom stereocenters. The first-order valence-corrected chi connectivity index (χ1v) is 6.85. The van der Waals surface area contributed by atoms with Crippen molar-refractivity contribution in [2.45, 2.75) is 32.2 Å². The number of ether oxygens (including phenoxy) is 1. The quantitative estimate of drug-likeness (QED) is 0.816. The molecular weight excluding hydrogens is 264 g/mol. The number of benzene rings is 1. The highest BCUT2D eigenvalue weighted by Gasteiger charge is 2.38. The Hall–Kier alpha value is -1.49. The fourth-order valence-corrected chi connectivity index (χ4v) is 2.05. The van der Waals surface area contributed by atoms with E-state index in [9.17, 15) is 13.6 Å². The van der Waals surface area contributed by atoms with E-state index in [2.05, 4.69) is 5.32 Å². The summed E-state index contributed by atoms with van der Waals surface area (Å²) >= 11 is 0. The molecule has 0 radical (unpaired) electrons. The molecule has 1 aromatic rings. The van der Waals surface area contributed by atoms with E-state index in [-0.39, 0.29) is 6.61 Å². The number of halogens is 2. The Morgan fingerprint density at radius 3 is 2.65 bits per heavy atom. The summed E-state index contributed by atoms with van der Waals surface area (Å²) in [7, 11) is 0. The second kappa shape index (κ2) is 5.87. The molecule has 5 heteroatoms. The van der Waals surface area contributed by atoms with E-state index in [1.165, 1.54) is 6.07 Å². The molecule has 0 aliphatic heterocycles. The number of hydrogen-bond donors (Lipinski definition) is 1. The van der Waals surface area contributed by atoms with E-state index < -0.39 is 23.1 Å². The Kier molecular flexibility index (Phi) is 4.38. The molecule has 110 valence electrons. The van der Waals surface area contributed by atoms with Crippen molar-refractivity contribution >= 4 is 5.97 Å². The molecule has 0 aromatic heterocycles. The van der Waals surface area contributed by atoms with Crippen molar-refractivity contribution in [2.24, 2.45) is 5.92 Å². The molecule has 20 heavy (non-hydrogen) atoms. The van der Waals surface area contributed by atoms with Gasteiger partial charge in [-0.15, -0.1) is 0 Å². The summed E-state index contributed by atoms with van der Waals surface area (Å²) in [6.45, 7) is 4.25. The number of nitrogens with one attached hydrogen (secondary N) is 1. The zero-order valence-electron chi connectivity index (χ0n) is 11.7. The van der Waals surface area contributed by atoms with Gasteiger partial charge in [0.15, 0.2) is 11.6 Å². The van der Waals surface area contributed by atoms with Gasteiger partial charge in [0.1, 0.15) is 5.54 Å². The first kappa shape index (κ1) is 14.9. The van der Waals surface area contributed by atoms with E-state index in [0.717, 1.165) is 25.0 Å².